The Morgan fingerprint density at radius 1 is 1.75 bits per heavy atom. The molecule has 0 saturated carbocycles. The van der Waals surface area contributed by atoms with Gasteiger partial charge in [-0.3, -0.25) is 4.79 Å². The second-order valence-corrected chi connectivity index (χ2v) is 3.41. The largest absolute Gasteiger partial charge is 0.464 e. The van der Waals surface area contributed by atoms with Crippen LogP contribution in [0, 0.1) is 0 Å². The number of ether oxygens (including phenoxy) is 1. The summed E-state index contributed by atoms with van der Waals surface area (Å²) in [6, 6.07) is 3.42. The summed E-state index contributed by atoms with van der Waals surface area (Å²) in [5.41, 5.74) is 0. The quantitative estimate of drug-likeness (QED) is 0.436. The summed E-state index contributed by atoms with van der Waals surface area (Å²) in [6.45, 7) is 2.98. The monoisotopic (exact) mass is 186 g/mol. The zero-order valence-corrected chi connectivity index (χ0v) is 7.80. The molecule has 12 heavy (non-hydrogen) atoms. The van der Waals surface area contributed by atoms with Crippen molar-refractivity contribution >= 4 is 18.6 Å². The van der Waals surface area contributed by atoms with Gasteiger partial charge in [-0.15, -0.1) is 12.6 Å². The van der Waals surface area contributed by atoms with Gasteiger partial charge in [0.05, 0.1) is 6.26 Å². The Hall–Kier alpha value is -0.900. The van der Waals surface area contributed by atoms with Crippen molar-refractivity contribution in [1.82, 2.24) is 0 Å². The molecular weight excluding hydrogens is 176 g/mol. The Morgan fingerprint density at radius 2 is 2.42 bits per heavy atom. The molecule has 66 valence electrons. The van der Waals surface area contributed by atoms with E-state index in [1.165, 1.54) is 13.2 Å². The minimum Gasteiger partial charge on any atom is -0.464 e. The summed E-state index contributed by atoms with van der Waals surface area (Å²) >= 11 is 4.14. The molecule has 0 fully saturated rings. The maximum absolute atomic E-state index is 10.6. The number of hydrogen-bond donors (Lipinski definition) is 1. The number of carbonyl (C=O) groups excluding carboxylic acids is 1. The van der Waals surface area contributed by atoms with E-state index in [1.807, 2.05) is 0 Å². The van der Waals surface area contributed by atoms with Crippen molar-refractivity contribution in [2.45, 2.75) is 18.8 Å². The first kappa shape index (κ1) is 9.19. The zero-order valence-electron chi connectivity index (χ0n) is 6.90. The highest BCUT2D eigenvalue weighted by Crippen LogP contribution is 2.29. The van der Waals surface area contributed by atoms with Crippen LogP contribution in [0.1, 0.15) is 19.6 Å². The standard InChI is InChI=1S/C8H10O3S/c1-6(9)11-8(2,12)7-4-3-5-10-7/h3-5,12H,1-2H3. The number of thiol groups is 1. The molecule has 1 aromatic rings. The molecule has 0 aromatic carbocycles. The van der Waals surface area contributed by atoms with Gasteiger partial charge < -0.3 is 9.15 Å². The highest BCUT2D eigenvalue weighted by atomic mass is 32.1. The van der Waals surface area contributed by atoms with Gasteiger partial charge in [-0.25, -0.2) is 0 Å². The van der Waals surface area contributed by atoms with Gasteiger partial charge >= 0.3 is 5.97 Å². The molecule has 0 bridgehead atoms. The first-order valence-electron chi connectivity index (χ1n) is 3.48. The third-order valence-corrected chi connectivity index (χ3v) is 1.63. The SMILES string of the molecule is CC(=O)OC(C)(S)c1ccco1. The predicted octanol–water partition coefficient (Wildman–Crippen LogP) is 1.95. The number of carbonyl (C=O) groups is 1. The highest BCUT2D eigenvalue weighted by molar-refractivity contribution is 7.81. The highest BCUT2D eigenvalue weighted by Gasteiger charge is 2.27. The van der Waals surface area contributed by atoms with Gasteiger partial charge in [0.1, 0.15) is 0 Å². The maximum atomic E-state index is 10.6. The first-order chi connectivity index (χ1) is 5.52. The molecule has 0 saturated heterocycles. The van der Waals surface area contributed by atoms with E-state index >= 15 is 0 Å². The fourth-order valence-electron chi connectivity index (χ4n) is 0.873. The molecule has 0 N–H and O–H groups in total. The molecule has 0 aliphatic heterocycles. The minimum atomic E-state index is -0.977. The van der Waals surface area contributed by atoms with E-state index in [-0.39, 0.29) is 5.97 Å². The molecule has 3 nitrogen and oxygen atoms in total. The number of esters is 1. The van der Waals surface area contributed by atoms with Crippen LogP contribution in [0.25, 0.3) is 0 Å². The van der Waals surface area contributed by atoms with Crippen LogP contribution >= 0.6 is 12.6 Å². The van der Waals surface area contributed by atoms with Crippen LogP contribution in [0.2, 0.25) is 0 Å². The zero-order chi connectivity index (χ0) is 9.19. The summed E-state index contributed by atoms with van der Waals surface area (Å²) in [4.78, 5) is 9.66. The van der Waals surface area contributed by atoms with Crippen molar-refractivity contribution in [2.24, 2.45) is 0 Å². The third-order valence-electron chi connectivity index (χ3n) is 1.32. The van der Waals surface area contributed by atoms with E-state index in [0.29, 0.717) is 5.76 Å². The van der Waals surface area contributed by atoms with Gasteiger partial charge in [-0.1, -0.05) is 0 Å². The van der Waals surface area contributed by atoms with Crippen LogP contribution in [0.3, 0.4) is 0 Å². The molecule has 1 aromatic heterocycles. The van der Waals surface area contributed by atoms with Crippen LogP contribution in [-0.4, -0.2) is 5.97 Å². The second-order valence-electron chi connectivity index (χ2n) is 2.55. The van der Waals surface area contributed by atoms with Gasteiger partial charge in [0.25, 0.3) is 0 Å². The Morgan fingerprint density at radius 3 is 2.83 bits per heavy atom. The van der Waals surface area contributed by atoms with E-state index in [9.17, 15) is 4.79 Å². The minimum absolute atomic E-state index is 0.385. The molecule has 0 spiro atoms. The van der Waals surface area contributed by atoms with Crippen molar-refractivity contribution in [2.75, 3.05) is 0 Å². The van der Waals surface area contributed by atoms with Crippen molar-refractivity contribution in [3.63, 3.8) is 0 Å². The molecule has 1 atom stereocenters. The van der Waals surface area contributed by atoms with Crippen molar-refractivity contribution in [3.05, 3.63) is 24.2 Å². The lowest BCUT2D eigenvalue weighted by molar-refractivity contribution is -0.149. The van der Waals surface area contributed by atoms with Crippen LogP contribution in [0.5, 0.6) is 0 Å². The molecule has 0 amide bonds. The Balaban J connectivity index is 2.79. The van der Waals surface area contributed by atoms with Gasteiger partial charge in [-0.2, -0.15) is 0 Å². The molecule has 4 heteroatoms. The molecular formula is C8H10O3S. The first-order valence-corrected chi connectivity index (χ1v) is 3.93. The van der Waals surface area contributed by atoms with E-state index in [2.05, 4.69) is 12.6 Å². The fraction of sp³-hybridized carbons (Fsp3) is 0.375. The van der Waals surface area contributed by atoms with E-state index in [1.54, 1.807) is 19.1 Å². The summed E-state index contributed by atoms with van der Waals surface area (Å²) in [7, 11) is 0. The van der Waals surface area contributed by atoms with Crippen LogP contribution in [0.4, 0.5) is 0 Å². The lowest BCUT2D eigenvalue weighted by Crippen LogP contribution is -2.20. The van der Waals surface area contributed by atoms with Crippen molar-refractivity contribution < 1.29 is 13.9 Å². The second kappa shape index (κ2) is 3.23. The summed E-state index contributed by atoms with van der Waals surface area (Å²) in [5.74, 6) is 0.130. The van der Waals surface area contributed by atoms with Crippen LogP contribution in [-0.2, 0) is 14.5 Å². The Labute approximate surface area is 76.1 Å². The molecule has 1 unspecified atom stereocenters. The maximum Gasteiger partial charge on any atom is 0.304 e. The number of rotatable bonds is 2. The van der Waals surface area contributed by atoms with Gasteiger partial charge in [-0.05, 0) is 19.1 Å². The van der Waals surface area contributed by atoms with E-state index < -0.39 is 4.93 Å². The third kappa shape index (κ3) is 2.04. The van der Waals surface area contributed by atoms with Gasteiger partial charge in [0.2, 0.25) is 4.93 Å². The molecule has 1 heterocycles. The lowest BCUT2D eigenvalue weighted by Gasteiger charge is -2.20. The average Bonchev–Trinajstić information content (AvgIpc) is 2.32. The summed E-state index contributed by atoms with van der Waals surface area (Å²) < 4.78 is 9.96. The predicted molar refractivity (Wildman–Crippen MR) is 46.8 cm³/mol. The molecule has 0 radical (unpaired) electrons. The smallest absolute Gasteiger partial charge is 0.304 e. The van der Waals surface area contributed by atoms with Gasteiger partial charge in [0, 0.05) is 6.92 Å². The average molecular weight is 186 g/mol. The Bertz CT molecular complexity index is 264. The lowest BCUT2D eigenvalue weighted by atomic mass is 10.3. The molecule has 0 aliphatic rings. The summed E-state index contributed by atoms with van der Waals surface area (Å²) in [6.07, 6.45) is 1.51. The summed E-state index contributed by atoms with van der Waals surface area (Å²) in [5, 5.41) is 0. The van der Waals surface area contributed by atoms with Crippen LogP contribution in [0.15, 0.2) is 22.8 Å². The van der Waals surface area contributed by atoms with Crippen LogP contribution < -0.4 is 0 Å². The fourth-order valence-corrected chi connectivity index (χ4v) is 1.13. The van der Waals surface area contributed by atoms with Crippen molar-refractivity contribution in [1.29, 1.82) is 0 Å². The van der Waals surface area contributed by atoms with Crippen molar-refractivity contribution in [3.8, 4) is 0 Å². The topological polar surface area (TPSA) is 39.4 Å². The molecule has 1 rings (SSSR count). The molecule has 0 aliphatic carbocycles. The van der Waals surface area contributed by atoms with Gasteiger partial charge in [0.15, 0.2) is 5.76 Å². The normalized spacial score (nSPS) is 15.2. The van der Waals surface area contributed by atoms with E-state index in [4.69, 9.17) is 9.15 Å². The Kier molecular flexibility index (Phi) is 2.47. The number of furan rings is 1. The number of hydrogen-bond acceptors (Lipinski definition) is 4. The van der Waals surface area contributed by atoms with E-state index in [0.717, 1.165) is 0 Å².